The number of imide groups is 2. The van der Waals surface area contributed by atoms with Crippen molar-refractivity contribution in [1.29, 1.82) is 0 Å². The highest BCUT2D eigenvalue weighted by atomic mass is 19.1. The zero-order valence-corrected chi connectivity index (χ0v) is 33.1. The maximum absolute atomic E-state index is 14.5. The number of fused-ring (bicyclic) bond motifs is 1. The van der Waals surface area contributed by atoms with E-state index < -0.39 is 35.8 Å². The van der Waals surface area contributed by atoms with Crippen molar-refractivity contribution in [3.05, 3.63) is 95.0 Å². The van der Waals surface area contributed by atoms with Crippen molar-refractivity contribution < 1.29 is 28.3 Å². The number of hydrogen-bond donors (Lipinski definition) is 3. The SMILES string of the molecule is Cc1nc(C2CCN(CC3CN(c4ccc5c(c4)C(=O)N(C4CCC(=O)NC4=O)C5=O)C3)CC2)[nH]c1-c1cnc(N)c(O[C@H](C)c2cc(F)ccc2-c2ccn(C)n2)c1. The van der Waals surface area contributed by atoms with Crippen LogP contribution in [0.5, 0.6) is 5.75 Å². The van der Waals surface area contributed by atoms with Gasteiger partial charge in [0.1, 0.15) is 23.8 Å². The highest BCUT2D eigenvalue weighted by Crippen LogP contribution is 2.37. The Hall–Kier alpha value is -6.42. The highest BCUT2D eigenvalue weighted by molar-refractivity contribution is 6.23. The Kier molecular flexibility index (Phi) is 9.74. The van der Waals surface area contributed by atoms with E-state index in [0.29, 0.717) is 28.5 Å². The molecule has 304 valence electrons. The zero-order valence-electron chi connectivity index (χ0n) is 33.1. The number of aromatic amines is 1. The second kappa shape index (κ2) is 15.1. The summed E-state index contributed by atoms with van der Waals surface area (Å²) in [6.07, 6.45) is 5.14. The molecule has 4 N–H and O–H groups in total. The Morgan fingerprint density at radius 1 is 0.966 bits per heavy atom. The Bertz CT molecular complexity index is 2500. The summed E-state index contributed by atoms with van der Waals surface area (Å²) < 4.78 is 22.5. The first-order chi connectivity index (χ1) is 28.4. The molecule has 16 heteroatoms. The summed E-state index contributed by atoms with van der Waals surface area (Å²) in [4.78, 5) is 69.2. The number of nitrogens with two attached hydrogens (primary N) is 1. The van der Waals surface area contributed by atoms with Crippen LogP contribution in [-0.4, -0.2) is 96.9 Å². The number of anilines is 2. The monoisotopic (exact) mass is 800 g/mol. The van der Waals surface area contributed by atoms with E-state index in [2.05, 4.69) is 30.2 Å². The van der Waals surface area contributed by atoms with Crippen LogP contribution in [0.1, 0.15) is 82.4 Å². The van der Waals surface area contributed by atoms with Crippen molar-refractivity contribution in [2.24, 2.45) is 13.0 Å². The summed E-state index contributed by atoms with van der Waals surface area (Å²) in [5, 5.41) is 6.74. The highest BCUT2D eigenvalue weighted by Gasteiger charge is 2.45. The van der Waals surface area contributed by atoms with Crippen LogP contribution in [0.2, 0.25) is 0 Å². The number of nitrogen functional groups attached to an aromatic ring is 1. The van der Waals surface area contributed by atoms with Crippen molar-refractivity contribution >= 4 is 35.1 Å². The van der Waals surface area contributed by atoms with Gasteiger partial charge in [0.2, 0.25) is 11.8 Å². The topological polar surface area (TPSA) is 185 Å². The molecule has 1 unspecified atom stereocenters. The number of rotatable bonds is 10. The molecule has 15 nitrogen and oxygen atoms in total. The number of carbonyl (C=O) groups excluding carboxylic acids is 4. The van der Waals surface area contributed by atoms with Crippen LogP contribution in [0, 0.1) is 18.7 Å². The number of piperidine rings is 2. The van der Waals surface area contributed by atoms with E-state index in [-0.39, 0.29) is 36.0 Å². The largest absolute Gasteiger partial charge is 0.482 e. The minimum Gasteiger partial charge on any atom is -0.482 e. The lowest BCUT2D eigenvalue weighted by Gasteiger charge is -2.44. The number of pyridine rings is 1. The Morgan fingerprint density at radius 3 is 2.47 bits per heavy atom. The lowest BCUT2D eigenvalue weighted by atomic mass is 9.93. The number of amides is 4. The molecule has 0 spiro atoms. The van der Waals surface area contributed by atoms with Crippen molar-refractivity contribution in [1.82, 2.24) is 39.8 Å². The molecule has 0 bridgehead atoms. The molecule has 4 aliphatic rings. The van der Waals surface area contributed by atoms with Gasteiger partial charge < -0.3 is 25.3 Å². The first kappa shape index (κ1) is 38.1. The smallest absolute Gasteiger partial charge is 0.262 e. The van der Waals surface area contributed by atoms with Gasteiger partial charge in [0.25, 0.3) is 11.8 Å². The standard InChI is InChI=1S/C43H45FN10O5/c1-23-38(27-16-36(39(45)46-19-27)59-24(2)32-17-28(44)4-6-30(32)34-12-13-51(3)50-34)49-40(47-23)26-10-14-52(15-11-26)20-25-21-53(22-25)29-5-7-31-33(18-29)43(58)54(42(31)57)35-8-9-37(55)48-41(35)56/h4-7,12-13,16-19,24-26,35H,8-11,14-15,20-22H2,1-3H3,(H2,45,46)(H,47,49)(H,48,55,56)/t24-,35?/m1/s1. The summed E-state index contributed by atoms with van der Waals surface area (Å²) in [5.41, 5.74) is 12.4. The maximum atomic E-state index is 14.5. The minimum absolute atomic E-state index is 0.0857. The van der Waals surface area contributed by atoms with Gasteiger partial charge in [-0.25, -0.2) is 14.4 Å². The molecule has 3 aromatic heterocycles. The van der Waals surface area contributed by atoms with E-state index >= 15 is 0 Å². The fourth-order valence-electron chi connectivity index (χ4n) is 8.87. The van der Waals surface area contributed by atoms with Crippen molar-refractivity contribution in [3.63, 3.8) is 0 Å². The number of benzene rings is 2. The van der Waals surface area contributed by atoms with E-state index in [1.807, 2.05) is 45.3 Å². The predicted molar refractivity (Wildman–Crippen MR) is 216 cm³/mol. The number of ether oxygens (including phenoxy) is 1. The van der Waals surface area contributed by atoms with Gasteiger partial charge >= 0.3 is 0 Å². The molecule has 4 aliphatic heterocycles. The van der Waals surface area contributed by atoms with Crippen LogP contribution in [0.15, 0.2) is 60.9 Å². The fraction of sp³-hybridized carbons (Fsp3) is 0.372. The second-order valence-corrected chi connectivity index (χ2v) is 16.1. The quantitative estimate of drug-likeness (QED) is 0.166. The first-order valence-corrected chi connectivity index (χ1v) is 20.0. The number of imidazole rings is 1. The first-order valence-electron chi connectivity index (χ1n) is 20.0. The molecule has 2 aromatic carbocycles. The van der Waals surface area contributed by atoms with Crippen LogP contribution in [-0.2, 0) is 16.6 Å². The number of aryl methyl sites for hydroxylation is 2. The van der Waals surface area contributed by atoms with Crippen LogP contribution in [0.3, 0.4) is 0 Å². The molecular weight excluding hydrogens is 756 g/mol. The molecule has 3 fully saturated rings. The van der Waals surface area contributed by atoms with E-state index in [9.17, 15) is 23.6 Å². The van der Waals surface area contributed by atoms with E-state index in [4.69, 9.17) is 15.5 Å². The van der Waals surface area contributed by atoms with E-state index in [0.717, 1.165) is 84.5 Å². The lowest BCUT2D eigenvalue weighted by molar-refractivity contribution is -0.136. The molecule has 0 radical (unpaired) electrons. The van der Waals surface area contributed by atoms with E-state index in [1.165, 1.54) is 12.1 Å². The number of hydrogen-bond acceptors (Lipinski definition) is 11. The number of nitrogens with zero attached hydrogens (tertiary/aromatic N) is 7. The van der Waals surface area contributed by atoms with Gasteiger partial charge in [0.15, 0.2) is 11.6 Å². The fourth-order valence-corrected chi connectivity index (χ4v) is 8.87. The van der Waals surface area contributed by atoms with Crippen LogP contribution >= 0.6 is 0 Å². The Labute approximate surface area is 339 Å². The third kappa shape index (κ3) is 7.21. The molecule has 5 aromatic rings. The second-order valence-electron chi connectivity index (χ2n) is 16.1. The van der Waals surface area contributed by atoms with Gasteiger partial charge in [-0.1, -0.05) is 0 Å². The van der Waals surface area contributed by atoms with Crippen LogP contribution in [0.4, 0.5) is 15.9 Å². The van der Waals surface area contributed by atoms with Crippen molar-refractivity contribution in [3.8, 4) is 28.3 Å². The van der Waals surface area contributed by atoms with Gasteiger partial charge in [-0.3, -0.25) is 34.1 Å². The number of carbonyl (C=O) groups is 4. The number of aromatic nitrogens is 5. The molecule has 9 rings (SSSR count). The van der Waals surface area contributed by atoms with Gasteiger partial charge in [-0.2, -0.15) is 5.10 Å². The number of halogens is 1. The molecule has 0 saturated carbocycles. The number of likely N-dealkylation sites (tertiary alicyclic amines) is 1. The summed E-state index contributed by atoms with van der Waals surface area (Å²) >= 11 is 0. The summed E-state index contributed by atoms with van der Waals surface area (Å²) in [7, 11) is 1.83. The number of H-pyrrole nitrogens is 1. The van der Waals surface area contributed by atoms with Crippen molar-refractivity contribution in [2.75, 3.05) is 43.4 Å². The molecule has 0 aliphatic carbocycles. The zero-order chi connectivity index (χ0) is 41.1. The van der Waals surface area contributed by atoms with Crippen LogP contribution < -0.4 is 20.7 Å². The summed E-state index contributed by atoms with van der Waals surface area (Å²) in [6.45, 7) is 8.36. The molecule has 59 heavy (non-hydrogen) atoms. The summed E-state index contributed by atoms with van der Waals surface area (Å²) in [6, 6.07) is 12.6. The Balaban J connectivity index is 0.794. The maximum Gasteiger partial charge on any atom is 0.262 e. The van der Waals surface area contributed by atoms with Gasteiger partial charge in [-0.15, -0.1) is 0 Å². The molecule has 4 amide bonds. The summed E-state index contributed by atoms with van der Waals surface area (Å²) in [5.74, 6) is -0.0639. The van der Waals surface area contributed by atoms with Crippen LogP contribution in [0.25, 0.3) is 22.5 Å². The van der Waals surface area contributed by atoms with E-state index in [1.54, 1.807) is 29.1 Å². The normalized spacial score (nSPS) is 19.6. The third-order valence-corrected chi connectivity index (χ3v) is 12.1. The lowest BCUT2D eigenvalue weighted by Crippen LogP contribution is -2.54. The molecule has 3 saturated heterocycles. The van der Waals surface area contributed by atoms with Crippen molar-refractivity contribution in [2.45, 2.75) is 57.6 Å². The molecule has 7 heterocycles. The molecular formula is C43H45FN10O5. The average Bonchev–Trinajstić information content (AvgIpc) is 3.88. The van der Waals surface area contributed by atoms with Gasteiger partial charge in [0.05, 0.1) is 28.2 Å². The average molecular weight is 801 g/mol. The molecule has 2 atom stereocenters. The van der Waals surface area contributed by atoms with Gasteiger partial charge in [-0.05, 0) is 94.7 Å². The minimum atomic E-state index is -0.980. The number of nitrogens with one attached hydrogen (secondary N) is 2. The van der Waals surface area contributed by atoms with Gasteiger partial charge in [0, 0.05) is 79.7 Å². The Morgan fingerprint density at radius 2 is 1.73 bits per heavy atom. The predicted octanol–water partition coefficient (Wildman–Crippen LogP) is 4.76. The third-order valence-electron chi connectivity index (χ3n) is 12.1.